The van der Waals surface area contributed by atoms with E-state index in [0.29, 0.717) is 11.4 Å². The highest BCUT2D eigenvalue weighted by atomic mass is 16.5. The molecule has 3 rings (SSSR count). The Kier molecular flexibility index (Phi) is 5.04. The second kappa shape index (κ2) is 7.58. The van der Waals surface area contributed by atoms with E-state index in [0.717, 1.165) is 16.6 Å². The first-order chi connectivity index (χ1) is 12.6. The Hall–Kier alpha value is -3.52. The number of benzene rings is 1. The van der Waals surface area contributed by atoms with Crippen molar-refractivity contribution in [1.29, 1.82) is 0 Å². The molecule has 2 heterocycles. The van der Waals surface area contributed by atoms with Gasteiger partial charge in [0, 0.05) is 31.1 Å². The quantitative estimate of drug-likeness (QED) is 0.366. The fourth-order valence-corrected chi connectivity index (χ4v) is 2.50. The highest BCUT2D eigenvalue weighted by Gasteiger charge is 2.10. The molecule has 2 aromatic heterocycles. The number of rotatable bonds is 5. The molecule has 1 aromatic carbocycles. The summed E-state index contributed by atoms with van der Waals surface area (Å²) in [4.78, 5) is 31.6. The molecule has 3 N–H and O–H groups in total. The number of hydrogen-bond donors (Lipinski definition) is 3. The first kappa shape index (κ1) is 17.3. The normalized spacial score (nSPS) is 11.0. The van der Waals surface area contributed by atoms with Crippen molar-refractivity contribution in [2.75, 3.05) is 0 Å². The number of aryl methyl sites for hydroxylation is 1. The van der Waals surface area contributed by atoms with Gasteiger partial charge in [0.25, 0.3) is 11.8 Å². The van der Waals surface area contributed by atoms with Gasteiger partial charge in [-0.2, -0.15) is 0 Å². The van der Waals surface area contributed by atoms with Crippen molar-refractivity contribution in [2.24, 2.45) is 7.05 Å². The van der Waals surface area contributed by atoms with E-state index < -0.39 is 5.91 Å². The van der Waals surface area contributed by atoms with Crippen molar-refractivity contribution in [3.63, 3.8) is 0 Å². The van der Waals surface area contributed by atoms with Gasteiger partial charge in [-0.05, 0) is 35.9 Å². The molecule has 0 atom stereocenters. The van der Waals surface area contributed by atoms with Crippen LogP contribution in [0, 0.1) is 0 Å². The number of nitrogens with one attached hydrogen (secondary N) is 2. The van der Waals surface area contributed by atoms with Crippen LogP contribution >= 0.6 is 0 Å². The SMILES string of the molecule is Cn1c(CNC(=O)c2ccncc2)nc2cc(/C=C/C(=O)NO)ccc21. The fourth-order valence-electron chi connectivity index (χ4n) is 2.50. The topological polar surface area (TPSA) is 109 Å². The average molecular weight is 351 g/mol. The average Bonchev–Trinajstić information content (AvgIpc) is 3.00. The predicted octanol–water partition coefficient (Wildman–Crippen LogP) is 1.42. The van der Waals surface area contributed by atoms with Crippen LogP contribution in [0.15, 0.2) is 48.8 Å². The maximum absolute atomic E-state index is 12.1. The third-order valence-electron chi connectivity index (χ3n) is 3.88. The number of hydroxylamine groups is 1. The number of hydrogen-bond acceptors (Lipinski definition) is 5. The molecule has 8 nitrogen and oxygen atoms in total. The Bertz CT molecular complexity index is 979. The lowest BCUT2D eigenvalue weighted by molar-refractivity contribution is -0.124. The molecular formula is C18H17N5O3. The summed E-state index contributed by atoms with van der Waals surface area (Å²) in [6, 6.07) is 8.83. The summed E-state index contributed by atoms with van der Waals surface area (Å²) >= 11 is 0. The largest absolute Gasteiger partial charge is 0.345 e. The number of amides is 2. The number of carbonyl (C=O) groups is 2. The van der Waals surface area contributed by atoms with Crippen molar-refractivity contribution in [1.82, 2.24) is 25.3 Å². The first-order valence-corrected chi connectivity index (χ1v) is 7.84. The van der Waals surface area contributed by atoms with Crippen molar-refractivity contribution < 1.29 is 14.8 Å². The van der Waals surface area contributed by atoms with Crippen molar-refractivity contribution in [3.8, 4) is 0 Å². The van der Waals surface area contributed by atoms with Crippen LogP contribution in [0.25, 0.3) is 17.1 Å². The molecule has 8 heteroatoms. The smallest absolute Gasteiger partial charge is 0.267 e. The van der Waals surface area contributed by atoms with E-state index in [1.54, 1.807) is 30.6 Å². The predicted molar refractivity (Wildman–Crippen MR) is 95.1 cm³/mol. The van der Waals surface area contributed by atoms with Crippen LogP contribution in [0.1, 0.15) is 21.7 Å². The molecule has 0 unspecified atom stereocenters. The van der Waals surface area contributed by atoms with Crippen LogP contribution in [0.5, 0.6) is 0 Å². The maximum atomic E-state index is 12.1. The maximum Gasteiger partial charge on any atom is 0.267 e. The minimum Gasteiger partial charge on any atom is -0.345 e. The first-order valence-electron chi connectivity index (χ1n) is 7.84. The summed E-state index contributed by atoms with van der Waals surface area (Å²) in [5.41, 5.74) is 4.49. The van der Waals surface area contributed by atoms with Crippen molar-refractivity contribution >= 4 is 28.9 Å². The van der Waals surface area contributed by atoms with E-state index >= 15 is 0 Å². The van der Waals surface area contributed by atoms with Gasteiger partial charge in [-0.1, -0.05) is 6.07 Å². The molecule has 0 radical (unpaired) electrons. The Labute approximate surface area is 149 Å². The molecule has 0 saturated heterocycles. The van der Waals surface area contributed by atoms with Crippen LogP contribution in [-0.2, 0) is 18.4 Å². The lowest BCUT2D eigenvalue weighted by Gasteiger charge is -2.05. The van der Waals surface area contributed by atoms with E-state index in [9.17, 15) is 9.59 Å². The zero-order valence-corrected chi connectivity index (χ0v) is 14.0. The van der Waals surface area contributed by atoms with Crippen molar-refractivity contribution in [2.45, 2.75) is 6.54 Å². The fraction of sp³-hybridized carbons (Fsp3) is 0.111. The second-order valence-corrected chi connectivity index (χ2v) is 5.56. The van der Waals surface area contributed by atoms with Crippen LogP contribution in [0.3, 0.4) is 0 Å². The van der Waals surface area contributed by atoms with E-state index in [1.165, 1.54) is 11.6 Å². The minimum absolute atomic E-state index is 0.196. The molecule has 0 saturated carbocycles. The molecule has 0 bridgehead atoms. The molecule has 26 heavy (non-hydrogen) atoms. The molecular weight excluding hydrogens is 334 g/mol. The number of fused-ring (bicyclic) bond motifs is 1. The Morgan fingerprint density at radius 1 is 1.23 bits per heavy atom. The van der Waals surface area contributed by atoms with Gasteiger partial charge in [0.1, 0.15) is 5.82 Å². The third-order valence-corrected chi connectivity index (χ3v) is 3.88. The van der Waals surface area contributed by atoms with Crippen LogP contribution in [-0.4, -0.2) is 31.6 Å². The van der Waals surface area contributed by atoms with Crippen molar-refractivity contribution in [3.05, 3.63) is 65.8 Å². The van der Waals surface area contributed by atoms with E-state index in [4.69, 9.17) is 5.21 Å². The number of aromatic nitrogens is 3. The zero-order chi connectivity index (χ0) is 18.5. The monoisotopic (exact) mass is 351 g/mol. The van der Waals surface area contributed by atoms with Gasteiger partial charge in [-0.25, -0.2) is 10.5 Å². The summed E-state index contributed by atoms with van der Waals surface area (Å²) in [5, 5.41) is 11.3. The number of imidazole rings is 1. The zero-order valence-electron chi connectivity index (χ0n) is 14.0. The Balaban J connectivity index is 1.77. The van der Waals surface area contributed by atoms with Gasteiger partial charge in [0.2, 0.25) is 0 Å². The van der Waals surface area contributed by atoms with Gasteiger partial charge in [-0.3, -0.25) is 19.8 Å². The van der Waals surface area contributed by atoms with Gasteiger partial charge in [-0.15, -0.1) is 0 Å². The Morgan fingerprint density at radius 2 is 2.00 bits per heavy atom. The number of nitrogens with zero attached hydrogens (tertiary/aromatic N) is 3. The summed E-state index contributed by atoms with van der Waals surface area (Å²) < 4.78 is 1.90. The standard InChI is InChI=1S/C18H17N5O3/c1-23-15-4-2-12(3-5-17(24)22-26)10-14(15)21-16(23)11-20-18(25)13-6-8-19-9-7-13/h2-10,26H,11H2,1H3,(H,20,25)(H,22,24)/b5-3+. The highest BCUT2D eigenvalue weighted by molar-refractivity contribution is 5.94. The lowest BCUT2D eigenvalue weighted by Crippen LogP contribution is -2.24. The molecule has 2 amide bonds. The summed E-state index contributed by atoms with van der Waals surface area (Å²) in [6.45, 7) is 0.282. The summed E-state index contributed by atoms with van der Waals surface area (Å²) in [5.74, 6) is -0.0969. The minimum atomic E-state index is -0.606. The van der Waals surface area contributed by atoms with Gasteiger partial charge in [0.15, 0.2) is 0 Å². The molecule has 3 aromatic rings. The molecule has 0 aliphatic rings. The number of pyridine rings is 1. The van der Waals surface area contributed by atoms with Crippen LogP contribution < -0.4 is 10.8 Å². The van der Waals surface area contributed by atoms with E-state index in [-0.39, 0.29) is 12.5 Å². The van der Waals surface area contributed by atoms with E-state index in [2.05, 4.69) is 15.3 Å². The van der Waals surface area contributed by atoms with Gasteiger partial charge >= 0.3 is 0 Å². The number of carbonyl (C=O) groups excluding carboxylic acids is 2. The van der Waals surface area contributed by atoms with Crippen LogP contribution in [0.4, 0.5) is 0 Å². The lowest BCUT2D eigenvalue weighted by atomic mass is 10.2. The van der Waals surface area contributed by atoms with Gasteiger partial charge in [0.05, 0.1) is 17.6 Å². The van der Waals surface area contributed by atoms with Gasteiger partial charge < -0.3 is 9.88 Å². The summed E-state index contributed by atoms with van der Waals surface area (Å²) in [6.07, 6.45) is 5.93. The molecule has 0 aliphatic heterocycles. The Morgan fingerprint density at radius 3 is 2.73 bits per heavy atom. The molecule has 0 aliphatic carbocycles. The highest BCUT2D eigenvalue weighted by Crippen LogP contribution is 2.17. The molecule has 0 fully saturated rings. The van der Waals surface area contributed by atoms with E-state index in [1.807, 2.05) is 29.8 Å². The molecule has 0 spiro atoms. The second-order valence-electron chi connectivity index (χ2n) is 5.56. The molecule has 132 valence electrons. The van der Waals surface area contributed by atoms with Crippen LogP contribution in [0.2, 0.25) is 0 Å². The summed E-state index contributed by atoms with van der Waals surface area (Å²) in [7, 11) is 1.87. The third kappa shape index (κ3) is 3.76.